The Labute approximate surface area is 94.2 Å². The maximum Gasteiger partial charge on any atom is 0.363 e. The van der Waals surface area contributed by atoms with Gasteiger partial charge in [0.15, 0.2) is 6.20 Å². The molecule has 6 heteroatoms. The van der Waals surface area contributed by atoms with Gasteiger partial charge in [-0.05, 0) is 16.0 Å². The molecule has 0 radical (unpaired) electrons. The Morgan fingerprint density at radius 1 is 1.44 bits per heavy atom. The van der Waals surface area contributed by atoms with Gasteiger partial charge in [-0.3, -0.25) is 0 Å². The quantitative estimate of drug-likeness (QED) is 0.433. The third-order valence-electron chi connectivity index (χ3n) is 1.94. The van der Waals surface area contributed by atoms with E-state index in [0.29, 0.717) is 6.04 Å². The molecule has 1 rings (SSSR count). The van der Waals surface area contributed by atoms with E-state index in [4.69, 9.17) is 0 Å². The summed E-state index contributed by atoms with van der Waals surface area (Å²) in [6, 6.07) is 3.50. The Kier molecular flexibility index (Phi) is 4.65. The number of hydrogen-bond acceptors (Lipinski definition) is 5. The molecule has 1 aromatic heterocycles. The molecule has 0 amide bonds. The predicted molar refractivity (Wildman–Crippen MR) is 62.5 cm³/mol. The standard InChI is InChI=1S/C10H16N4O2/c1-8(2)11-5-6-12-9-3-4-10(13-7-9)14(15)16/h3-4,7-8,11-12H,5-6H2,1-2H3. The highest BCUT2D eigenvalue weighted by Crippen LogP contribution is 2.10. The van der Waals surface area contributed by atoms with Crippen LogP contribution in [0.25, 0.3) is 0 Å². The molecular formula is C10H16N4O2. The van der Waals surface area contributed by atoms with Gasteiger partial charge in [-0.2, -0.15) is 0 Å². The lowest BCUT2D eigenvalue weighted by molar-refractivity contribution is -0.389. The lowest BCUT2D eigenvalue weighted by atomic mass is 10.4. The minimum atomic E-state index is -0.510. The second kappa shape index (κ2) is 6.02. The van der Waals surface area contributed by atoms with Crippen molar-refractivity contribution < 1.29 is 4.92 Å². The monoisotopic (exact) mass is 224 g/mol. The van der Waals surface area contributed by atoms with Crippen LogP contribution in [-0.2, 0) is 0 Å². The maximum absolute atomic E-state index is 10.4. The molecule has 0 spiro atoms. The van der Waals surface area contributed by atoms with Gasteiger partial charge in [0.2, 0.25) is 0 Å². The van der Waals surface area contributed by atoms with E-state index in [9.17, 15) is 10.1 Å². The van der Waals surface area contributed by atoms with Crippen LogP contribution in [0.2, 0.25) is 0 Å². The van der Waals surface area contributed by atoms with Crippen LogP contribution in [0, 0.1) is 10.1 Å². The van der Waals surface area contributed by atoms with Gasteiger partial charge in [-0.25, -0.2) is 0 Å². The molecule has 6 nitrogen and oxygen atoms in total. The van der Waals surface area contributed by atoms with E-state index in [2.05, 4.69) is 29.5 Å². The Balaban J connectivity index is 2.35. The number of anilines is 1. The Morgan fingerprint density at radius 2 is 2.19 bits per heavy atom. The molecule has 0 unspecified atom stereocenters. The minimum absolute atomic E-state index is 0.133. The fourth-order valence-corrected chi connectivity index (χ4v) is 1.17. The zero-order valence-electron chi connectivity index (χ0n) is 9.43. The molecule has 0 aliphatic rings. The maximum atomic E-state index is 10.4. The second-order valence-electron chi connectivity index (χ2n) is 3.70. The lowest BCUT2D eigenvalue weighted by Gasteiger charge is -2.08. The van der Waals surface area contributed by atoms with Crippen LogP contribution in [0.5, 0.6) is 0 Å². The predicted octanol–water partition coefficient (Wildman–Crippen LogP) is 1.40. The first-order valence-electron chi connectivity index (χ1n) is 5.17. The van der Waals surface area contributed by atoms with Gasteiger partial charge in [0.05, 0.1) is 5.69 Å². The van der Waals surface area contributed by atoms with Crippen LogP contribution < -0.4 is 10.6 Å². The number of rotatable bonds is 6. The fraction of sp³-hybridized carbons (Fsp3) is 0.500. The number of nitrogens with zero attached hydrogens (tertiary/aromatic N) is 2. The van der Waals surface area contributed by atoms with Crippen molar-refractivity contribution in [2.45, 2.75) is 19.9 Å². The molecule has 0 atom stereocenters. The summed E-state index contributed by atoms with van der Waals surface area (Å²) in [4.78, 5) is 13.6. The minimum Gasteiger partial charge on any atom is -0.381 e. The summed E-state index contributed by atoms with van der Waals surface area (Å²) in [7, 11) is 0. The summed E-state index contributed by atoms with van der Waals surface area (Å²) in [6.45, 7) is 5.76. The number of pyridine rings is 1. The summed E-state index contributed by atoms with van der Waals surface area (Å²) >= 11 is 0. The summed E-state index contributed by atoms with van der Waals surface area (Å²) in [5.41, 5.74) is 0.788. The van der Waals surface area contributed by atoms with Crippen molar-refractivity contribution in [2.75, 3.05) is 18.4 Å². The van der Waals surface area contributed by atoms with Crippen molar-refractivity contribution >= 4 is 11.5 Å². The van der Waals surface area contributed by atoms with Gasteiger partial charge in [0.25, 0.3) is 0 Å². The van der Waals surface area contributed by atoms with Crippen molar-refractivity contribution in [1.29, 1.82) is 0 Å². The van der Waals surface area contributed by atoms with Crippen LogP contribution >= 0.6 is 0 Å². The topological polar surface area (TPSA) is 80.1 Å². The lowest BCUT2D eigenvalue weighted by Crippen LogP contribution is -2.28. The Bertz CT molecular complexity index is 337. The molecule has 16 heavy (non-hydrogen) atoms. The van der Waals surface area contributed by atoms with Gasteiger partial charge in [-0.15, -0.1) is 0 Å². The van der Waals surface area contributed by atoms with Gasteiger partial charge in [0, 0.05) is 25.2 Å². The molecule has 0 aromatic carbocycles. The van der Waals surface area contributed by atoms with Crippen LogP contribution in [0.15, 0.2) is 18.3 Å². The summed E-state index contributed by atoms with van der Waals surface area (Å²) < 4.78 is 0. The number of hydrogen-bond donors (Lipinski definition) is 2. The van der Waals surface area contributed by atoms with E-state index in [1.165, 1.54) is 12.3 Å². The molecule has 88 valence electrons. The summed E-state index contributed by atoms with van der Waals surface area (Å²) in [5.74, 6) is -0.133. The third-order valence-corrected chi connectivity index (χ3v) is 1.94. The molecule has 1 aromatic rings. The normalized spacial score (nSPS) is 10.4. The zero-order chi connectivity index (χ0) is 12.0. The second-order valence-corrected chi connectivity index (χ2v) is 3.70. The smallest absolute Gasteiger partial charge is 0.363 e. The SMILES string of the molecule is CC(C)NCCNc1ccc([N+](=O)[O-])nc1. The summed E-state index contributed by atoms with van der Waals surface area (Å²) in [5, 5.41) is 16.7. The Morgan fingerprint density at radius 3 is 2.69 bits per heavy atom. The molecular weight excluding hydrogens is 208 g/mol. The molecule has 0 saturated carbocycles. The zero-order valence-corrected chi connectivity index (χ0v) is 9.43. The van der Waals surface area contributed by atoms with E-state index in [1.54, 1.807) is 6.07 Å². The van der Waals surface area contributed by atoms with E-state index in [0.717, 1.165) is 18.8 Å². The van der Waals surface area contributed by atoms with E-state index >= 15 is 0 Å². The van der Waals surface area contributed by atoms with Crippen molar-refractivity contribution in [3.05, 3.63) is 28.4 Å². The highest BCUT2D eigenvalue weighted by molar-refractivity contribution is 5.43. The highest BCUT2D eigenvalue weighted by Gasteiger charge is 2.05. The van der Waals surface area contributed by atoms with Crippen molar-refractivity contribution in [3.8, 4) is 0 Å². The van der Waals surface area contributed by atoms with Crippen LogP contribution in [0.1, 0.15) is 13.8 Å². The molecule has 0 aliphatic carbocycles. The Hall–Kier alpha value is -1.69. The van der Waals surface area contributed by atoms with Crippen LogP contribution in [-0.4, -0.2) is 29.0 Å². The number of aromatic nitrogens is 1. The van der Waals surface area contributed by atoms with E-state index in [-0.39, 0.29) is 5.82 Å². The average molecular weight is 224 g/mol. The first-order valence-corrected chi connectivity index (χ1v) is 5.17. The highest BCUT2D eigenvalue weighted by atomic mass is 16.6. The molecule has 0 saturated heterocycles. The molecule has 1 heterocycles. The molecule has 2 N–H and O–H groups in total. The van der Waals surface area contributed by atoms with Gasteiger partial charge < -0.3 is 20.7 Å². The van der Waals surface area contributed by atoms with Crippen LogP contribution in [0.4, 0.5) is 11.5 Å². The third kappa shape index (κ3) is 4.22. The average Bonchev–Trinajstić information content (AvgIpc) is 2.25. The first kappa shape index (κ1) is 12.4. The van der Waals surface area contributed by atoms with Gasteiger partial charge in [0.1, 0.15) is 0 Å². The van der Waals surface area contributed by atoms with Crippen molar-refractivity contribution in [1.82, 2.24) is 10.3 Å². The molecule has 0 fully saturated rings. The summed E-state index contributed by atoms with van der Waals surface area (Å²) in [6.07, 6.45) is 1.47. The first-order chi connectivity index (χ1) is 7.59. The van der Waals surface area contributed by atoms with Gasteiger partial charge >= 0.3 is 5.82 Å². The van der Waals surface area contributed by atoms with Crippen LogP contribution in [0.3, 0.4) is 0 Å². The van der Waals surface area contributed by atoms with Gasteiger partial charge in [-0.1, -0.05) is 13.8 Å². The largest absolute Gasteiger partial charge is 0.381 e. The molecule has 0 aliphatic heterocycles. The fourth-order valence-electron chi connectivity index (χ4n) is 1.17. The van der Waals surface area contributed by atoms with Crippen molar-refractivity contribution in [3.63, 3.8) is 0 Å². The number of nitro groups is 1. The molecule has 0 bridgehead atoms. The van der Waals surface area contributed by atoms with E-state index in [1.807, 2.05) is 0 Å². The van der Waals surface area contributed by atoms with Crippen molar-refractivity contribution in [2.24, 2.45) is 0 Å². The van der Waals surface area contributed by atoms with E-state index < -0.39 is 4.92 Å². The number of nitrogens with one attached hydrogen (secondary N) is 2.